The molecule has 5 nitrogen and oxygen atoms in total. The molecule has 0 atom stereocenters. The summed E-state index contributed by atoms with van der Waals surface area (Å²) < 4.78 is 36.4. The van der Waals surface area contributed by atoms with Gasteiger partial charge in [-0.2, -0.15) is 0 Å². The van der Waals surface area contributed by atoms with Gasteiger partial charge in [-0.05, 0) is 0 Å². The molecule has 1 aliphatic heterocycles. The predicted molar refractivity (Wildman–Crippen MR) is 40.1 cm³/mol. The molecule has 6 heteroatoms. The predicted octanol–water partition coefficient (Wildman–Crippen LogP) is -3.24. The van der Waals surface area contributed by atoms with E-state index in [0.717, 1.165) is 5.92 Å². The van der Waals surface area contributed by atoms with Crippen LogP contribution in [0.1, 0.15) is 26.7 Å². The topological polar surface area (TPSA) is 95.2 Å². The first kappa shape index (κ1) is 13.8. The van der Waals surface area contributed by atoms with E-state index >= 15 is 0 Å². The molecule has 0 N–H and O–H groups in total. The third-order valence-electron chi connectivity index (χ3n) is 1.65. The first-order valence-corrected chi connectivity index (χ1v) is 5.73. The molecule has 0 amide bonds. The van der Waals surface area contributed by atoms with E-state index in [9.17, 15) is 0 Å². The molecule has 0 aromatic rings. The van der Waals surface area contributed by atoms with Crippen LogP contribution in [-0.2, 0) is 0 Å². The summed E-state index contributed by atoms with van der Waals surface area (Å²) in [6, 6.07) is 0. The first-order chi connectivity index (χ1) is 6.29. The van der Waals surface area contributed by atoms with Crippen molar-refractivity contribution in [2.45, 2.75) is 26.7 Å². The average molecular weight is 226 g/mol. The van der Waals surface area contributed by atoms with E-state index in [4.69, 9.17) is 18.6 Å². The van der Waals surface area contributed by atoms with Gasteiger partial charge in [-0.25, -0.2) is 23.2 Å². The van der Waals surface area contributed by atoms with Crippen molar-refractivity contribution in [2.24, 2.45) is 5.92 Å². The molecule has 0 aromatic heterocycles. The molecule has 14 heavy (non-hydrogen) atoms. The zero-order valence-corrected chi connectivity index (χ0v) is 9.20. The van der Waals surface area contributed by atoms with Gasteiger partial charge >= 0.3 is 0 Å². The third kappa shape index (κ3) is 11.8. The molecule has 0 bridgehead atoms. The Morgan fingerprint density at radius 3 is 1.71 bits per heavy atom. The van der Waals surface area contributed by atoms with E-state index in [0.29, 0.717) is 0 Å². The second kappa shape index (κ2) is 6.31. The van der Waals surface area contributed by atoms with E-state index in [1.54, 1.807) is 0 Å². The Morgan fingerprint density at radius 1 is 1.07 bits per heavy atom. The maximum atomic E-state index is 8.49. The van der Waals surface area contributed by atoms with E-state index in [2.05, 4.69) is 24.6 Å². The van der Waals surface area contributed by atoms with Crippen LogP contribution in [0.25, 0.3) is 0 Å². The largest absolute Gasteiger partial charge is 0.239 e. The van der Waals surface area contributed by atoms with Crippen LogP contribution in [-0.4, -0.2) is 23.9 Å². The quantitative estimate of drug-likeness (QED) is 0.438. The molecule has 1 aliphatic rings. The molecule has 0 aromatic carbocycles. The van der Waals surface area contributed by atoms with Crippen molar-refractivity contribution in [3.8, 4) is 0 Å². The number of nitrogens with zero attached hydrogens (tertiary/aromatic N) is 1. The Morgan fingerprint density at radius 2 is 1.43 bits per heavy atom. The normalized spacial score (nSPS) is 16.6. The van der Waals surface area contributed by atoms with Crippen LogP contribution < -0.4 is 18.6 Å². The minimum atomic E-state index is -4.94. The Bertz CT molecular complexity index is 174. The lowest BCUT2D eigenvalue weighted by Gasteiger charge is -2.17. The van der Waals surface area contributed by atoms with Crippen LogP contribution in [0.2, 0.25) is 0 Å². The highest BCUT2D eigenvalue weighted by Crippen LogP contribution is 2.01. The molecule has 0 spiro atoms. The van der Waals surface area contributed by atoms with Crippen LogP contribution in [0.4, 0.5) is 0 Å². The summed E-state index contributed by atoms with van der Waals surface area (Å²) in [5.41, 5.74) is 0. The molecular weight excluding hydrogens is 210 g/mol. The van der Waals surface area contributed by atoms with Crippen molar-refractivity contribution in [3.63, 3.8) is 0 Å². The van der Waals surface area contributed by atoms with E-state index in [1.807, 2.05) is 0 Å². The van der Waals surface area contributed by atoms with Gasteiger partial charge in [-0.15, -0.1) is 10.2 Å². The van der Waals surface area contributed by atoms with Crippen molar-refractivity contribution < 1.29 is 33.5 Å². The maximum absolute atomic E-state index is 8.49. The summed E-state index contributed by atoms with van der Waals surface area (Å²) in [4.78, 5) is 0. The number of halogens is 1. The van der Waals surface area contributed by atoms with Crippen LogP contribution in [0.5, 0.6) is 0 Å². The van der Waals surface area contributed by atoms with Gasteiger partial charge in [0, 0.05) is 18.8 Å². The first-order valence-electron chi connectivity index (χ1n) is 4.50. The van der Waals surface area contributed by atoms with E-state index in [1.165, 1.54) is 25.9 Å². The van der Waals surface area contributed by atoms with Gasteiger partial charge in [-0.3, -0.25) is 0 Å². The van der Waals surface area contributed by atoms with Gasteiger partial charge in [0.2, 0.25) is 0 Å². The van der Waals surface area contributed by atoms with Gasteiger partial charge in [0.1, 0.15) is 19.3 Å². The molecule has 84 valence electrons. The second-order valence-electron chi connectivity index (χ2n) is 3.51. The zero-order valence-electron chi connectivity index (χ0n) is 8.44. The van der Waals surface area contributed by atoms with E-state index in [-0.39, 0.29) is 0 Å². The van der Waals surface area contributed by atoms with Gasteiger partial charge in [0.05, 0.1) is 0 Å². The Hall–Kier alpha value is -0.200. The van der Waals surface area contributed by atoms with E-state index < -0.39 is 10.2 Å². The molecule has 0 radical (unpaired) electrons. The fourth-order valence-electron chi connectivity index (χ4n) is 1.31. The summed E-state index contributed by atoms with van der Waals surface area (Å²) in [7, 11) is -4.94. The van der Waals surface area contributed by atoms with Crippen LogP contribution >= 0.6 is 0 Å². The van der Waals surface area contributed by atoms with Crippen molar-refractivity contribution in [1.29, 1.82) is 0 Å². The molecular formula is C8H16ClNO4. The van der Waals surface area contributed by atoms with Crippen LogP contribution in [0.3, 0.4) is 0 Å². The standard InChI is InChI=1S/C8H16N.ClHO4/c1-8(2)7-9-5-3-4-6-9;2-1(3,4)5/h7-8H,3-6H2,1-2H3;(H,2,3,4,5)/q+1;/p-1. The molecule has 0 unspecified atom stereocenters. The Labute approximate surface area is 86.0 Å². The van der Waals surface area contributed by atoms with Crippen LogP contribution in [0.15, 0.2) is 0 Å². The Balaban J connectivity index is 0.000000292. The summed E-state index contributed by atoms with van der Waals surface area (Å²) in [6.45, 7) is 7.05. The van der Waals surface area contributed by atoms with Crippen LogP contribution in [0, 0.1) is 16.2 Å². The highest BCUT2D eigenvalue weighted by Gasteiger charge is 2.11. The SMILES string of the molecule is CC(C)C=[N+]1CCCC1.[O-][Cl+3]([O-])([O-])[O-]. The van der Waals surface area contributed by atoms with Gasteiger partial charge in [0.15, 0.2) is 0 Å². The second-order valence-corrected chi connectivity index (χ2v) is 4.27. The minimum Gasteiger partial charge on any atom is -0.239 e. The van der Waals surface area contributed by atoms with Crippen molar-refractivity contribution >= 4 is 6.21 Å². The highest BCUT2D eigenvalue weighted by atomic mass is 35.7. The molecule has 1 heterocycles. The number of hydrogen-bond acceptors (Lipinski definition) is 4. The number of rotatable bonds is 1. The zero-order chi connectivity index (χ0) is 11.2. The monoisotopic (exact) mass is 225 g/mol. The summed E-state index contributed by atoms with van der Waals surface area (Å²) in [5.74, 6) is 0.725. The van der Waals surface area contributed by atoms with Crippen molar-refractivity contribution in [1.82, 2.24) is 0 Å². The molecule has 1 fully saturated rings. The fourth-order valence-corrected chi connectivity index (χ4v) is 1.31. The van der Waals surface area contributed by atoms with Gasteiger partial charge < -0.3 is 0 Å². The maximum Gasteiger partial charge on any atom is 0.142 e. The lowest BCUT2D eigenvalue weighted by atomic mass is 10.2. The smallest absolute Gasteiger partial charge is 0.142 e. The Kier molecular flexibility index (Phi) is 6.22. The lowest BCUT2D eigenvalue weighted by molar-refractivity contribution is -2.00. The summed E-state index contributed by atoms with van der Waals surface area (Å²) >= 11 is 0. The van der Waals surface area contributed by atoms with Gasteiger partial charge in [-0.1, -0.05) is 13.8 Å². The average Bonchev–Trinajstić information content (AvgIpc) is 2.33. The summed E-state index contributed by atoms with van der Waals surface area (Å²) in [6.07, 6.45) is 5.12. The third-order valence-corrected chi connectivity index (χ3v) is 1.65. The summed E-state index contributed by atoms with van der Waals surface area (Å²) in [5, 5.41) is 0. The molecule has 0 saturated carbocycles. The molecule has 1 saturated heterocycles. The lowest BCUT2D eigenvalue weighted by Crippen LogP contribution is -2.68. The minimum absolute atomic E-state index is 0.725. The fraction of sp³-hybridized carbons (Fsp3) is 0.875. The molecule has 1 rings (SSSR count). The molecule has 0 aliphatic carbocycles. The van der Waals surface area contributed by atoms with Gasteiger partial charge in [0.25, 0.3) is 0 Å². The van der Waals surface area contributed by atoms with Crippen molar-refractivity contribution in [2.75, 3.05) is 13.1 Å². The number of hydrogen-bond donors (Lipinski definition) is 0. The highest BCUT2D eigenvalue weighted by molar-refractivity contribution is 5.53. The van der Waals surface area contributed by atoms with Crippen molar-refractivity contribution in [3.05, 3.63) is 0 Å².